The first-order valence-corrected chi connectivity index (χ1v) is 15.4. The van der Waals surface area contributed by atoms with Crippen molar-refractivity contribution >= 4 is 60.6 Å². The van der Waals surface area contributed by atoms with E-state index < -0.39 is 10.8 Å². The molecule has 4 rings (SSSR count). The molecule has 4 aromatic rings. The number of hydrogen-bond donors (Lipinski definition) is 2. The third-order valence-corrected chi connectivity index (χ3v) is 2.74. The van der Waals surface area contributed by atoms with E-state index in [-0.39, 0.29) is 0 Å². The molecule has 0 atom stereocenters. The molecule has 136 valence electrons. The van der Waals surface area contributed by atoms with Crippen molar-refractivity contribution in [3.05, 3.63) is 71.4 Å². The average Bonchev–Trinajstić information content (AvgIpc) is 3.24. The summed E-state index contributed by atoms with van der Waals surface area (Å²) in [5.74, 6) is 0. The molecule has 0 radical (unpaired) electrons. The zero-order chi connectivity index (χ0) is 18.7. The standard InChI is InChI=1S/2C7H6N2.4ClH.NO.Ru/c2*1-2-4-7-6(3-1)5-8-9-7;;;;;1-2;/h2*1-5H,(H,8,9);4*1H;;/q;;;;;;-1;+4/p-3. The topological polar surface area (TPSA) is 98.0 Å². The first-order chi connectivity index (χ1) is 11.9. The van der Waals surface area contributed by atoms with Crippen molar-refractivity contribution in [1.29, 1.82) is 0 Å². The van der Waals surface area contributed by atoms with Crippen LogP contribution in [-0.4, -0.2) is 15.3 Å². The van der Waals surface area contributed by atoms with Crippen molar-refractivity contribution in [3.8, 4) is 0 Å². The number of hydrogen-bond acceptors (Lipinski definition) is 2. The summed E-state index contributed by atoms with van der Waals surface area (Å²) in [7, 11) is 17.0. The number of benzene rings is 2. The minimum atomic E-state index is -2.97. The van der Waals surface area contributed by atoms with Crippen molar-refractivity contribution in [1.82, 2.24) is 15.3 Å². The maximum Gasteiger partial charge on any atom is 0.200 e. The van der Waals surface area contributed by atoms with Crippen LogP contribution in [0.2, 0.25) is 0 Å². The minimum absolute atomic E-state index is 1.09. The molecule has 0 bridgehead atoms. The summed E-state index contributed by atoms with van der Waals surface area (Å²) in [6.45, 7) is 0. The number of fused-ring (bicyclic) bond motifs is 2. The van der Waals surface area contributed by atoms with Gasteiger partial charge in [-0.15, -0.1) is 5.10 Å². The van der Waals surface area contributed by atoms with E-state index in [0.717, 1.165) is 16.4 Å². The summed E-state index contributed by atoms with van der Waals surface area (Å²) in [5, 5.41) is 15.0. The smallest absolute Gasteiger partial charge is 0.200 e. The van der Waals surface area contributed by atoms with Crippen molar-refractivity contribution in [2.45, 2.75) is 0 Å². The Bertz CT molecular complexity index is 748. The molecule has 2 heterocycles. The third-order valence-electron chi connectivity index (χ3n) is 2.74. The number of rotatable bonds is 0. The average molecular weight is 510 g/mol. The van der Waals surface area contributed by atoms with Gasteiger partial charge in [0.2, 0.25) is 6.20 Å². The van der Waals surface area contributed by atoms with E-state index in [0.29, 0.717) is 0 Å². The van der Waals surface area contributed by atoms with Gasteiger partial charge in [0.05, 0.1) is 17.1 Å². The van der Waals surface area contributed by atoms with Gasteiger partial charge >= 0.3 is 49.6 Å². The molecule has 0 aliphatic heterocycles. The van der Waals surface area contributed by atoms with Crippen LogP contribution < -0.4 is 5.10 Å². The molecule has 2 aromatic carbocycles. The molecule has 0 spiro atoms. The van der Waals surface area contributed by atoms with Gasteiger partial charge in [-0.05, 0) is 18.2 Å². The van der Waals surface area contributed by atoms with Gasteiger partial charge in [0.25, 0.3) is 0 Å². The van der Waals surface area contributed by atoms with Crippen LogP contribution in [0.25, 0.3) is 27.4 Å². The number of H-pyrrole nitrogens is 3. The summed E-state index contributed by atoms with van der Waals surface area (Å²) in [6, 6.07) is 16.1. The van der Waals surface area contributed by atoms with Gasteiger partial charge in [0.15, 0.2) is 0 Å². The Kier molecular flexibility index (Phi) is 9.94. The SMILES string of the molecule is [Cl][Ru]([Cl])([Cl])[Cl].[N-]=O.c1ccc2[nH][nH+]cc2c1.c1ccc2[nH]ncc2c1. The number of aromatic nitrogens is 4. The van der Waals surface area contributed by atoms with E-state index in [9.17, 15) is 0 Å². The quantitative estimate of drug-likeness (QED) is 0.300. The molecular formula is C14H13Cl4N5ORu. The van der Waals surface area contributed by atoms with Gasteiger partial charge < -0.3 is 10.5 Å². The van der Waals surface area contributed by atoms with E-state index in [2.05, 4.69) is 26.5 Å². The maximum atomic E-state index is 7.25. The first-order valence-electron chi connectivity index (χ1n) is 6.47. The van der Waals surface area contributed by atoms with E-state index in [4.69, 9.17) is 49.3 Å². The van der Waals surface area contributed by atoms with Gasteiger partial charge in [-0.1, -0.05) is 30.3 Å². The Morgan fingerprint density at radius 1 is 0.880 bits per heavy atom. The van der Waals surface area contributed by atoms with Crippen LogP contribution in [0.3, 0.4) is 0 Å². The second-order valence-electron chi connectivity index (χ2n) is 4.26. The van der Waals surface area contributed by atoms with E-state index in [1.165, 1.54) is 5.39 Å². The summed E-state index contributed by atoms with van der Waals surface area (Å²) < 4.78 is 0. The molecule has 0 unspecified atom stereocenters. The van der Waals surface area contributed by atoms with Crippen LogP contribution in [0, 0.1) is 4.91 Å². The van der Waals surface area contributed by atoms with E-state index >= 15 is 0 Å². The molecule has 0 amide bonds. The second kappa shape index (κ2) is 11.4. The van der Waals surface area contributed by atoms with Crippen LogP contribution in [0.5, 0.6) is 0 Å². The summed E-state index contributed by atoms with van der Waals surface area (Å²) in [6.07, 6.45) is 3.75. The van der Waals surface area contributed by atoms with Gasteiger partial charge in [-0.3, -0.25) is 5.10 Å². The predicted molar refractivity (Wildman–Crippen MR) is 101 cm³/mol. The fourth-order valence-corrected chi connectivity index (χ4v) is 1.81. The zero-order valence-electron chi connectivity index (χ0n) is 12.4. The second-order valence-corrected chi connectivity index (χ2v) is 20.1. The number of nitroso groups, excluding NO2 is 1. The van der Waals surface area contributed by atoms with Crippen LogP contribution in [0.4, 0.5) is 0 Å². The Labute approximate surface area is 162 Å². The van der Waals surface area contributed by atoms with Gasteiger partial charge in [-0.25, -0.2) is 0 Å². The van der Waals surface area contributed by atoms with Gasteiger partial charge in [0, 0.05) is 5.39 Å². The number of para-hydroxylation sites is 2. The fraction of sp³-hybridized carbons (Fsp3) is 0. The van der Waals surface area contributed by atoms with Crippen LogP contribution in [0.15, 0.2) is 60.9 Å². The number of nitrogens with zero attached hydrogens (tertiary/aromatic N) is 2. The van der Waals surface area contributed by atoms with Gasteiger partial charge in [0.1, 0.15) is 5.52 Å². The zero-order valence-corrected chi connectivity index (χ0v) is 17.2. The number of aromatic amines is 3. The van der Waals surface area contributed by atoms with E-state index in [1.807, 2.05) is 54.9 Å². The van der Waals surface area contributed by atoms with Crippen LogP contribution in [0.1, 0.15) is 0 Å². The Morgan fingerprint density at radius 2 is 1.40 bits per heavy atom. The van der Waals surface area contributed by atoms with Crippen LogP contribution in [-0.2, 0) is 10.8 Å². The normalized spacial score (nSPS) is 10.6. The molecule has 0 aliphatic rings. The maximum absolute atomic E-state index is 7.25. The van der Waals surface area contributed by atoms with Crippen molar-refractivity contribution < 1.29 is 15.9 Å². The molecule has 11 heteroatoms. The minimum Gasteiger partial charge on any atom is -0.577 e. The Hall–Kier alpha value is -1.24. The molecule has 6 nitrogen and oxygen atoms in total. The fourth-order valence-electron chi connectivity index (χ4n) is 1.81. The summed E-state index contributed by atoms with van der Waals surface area (Å²) in [5.41, 5.74) is 8.00. The molecule has 0 fully saturated rings. The molecule has 0 saturated carbocycles. The van der Waals surface area contributed by atoms with Gasteiger partial charge in [-0.2, -0.15) is 10.2 Å². The largest absolute Gasteiger partial charge is 0.577 e. The van der Waals surface area contributed by atoms with Crippen molar-refractivity contribution in [3.63, 3.8) is 0 Å². The number of halogens is 4. The third kappa shape index (κ3) is 9.14. The summed E-state index contributed by atoms with van der Waals surface area (Å²) in [4.78, 5) is 7.25. The van der Waals surface area contributed by atoms with Crippen molar-refractivity contribution in [2.75, 3.05) is 0 Å². The first kappa shape index (κ1) is 21.8. The molecule has 2 aromatic heterocycles. The van der Waals surface area contributed by atoms with Crippen molar-refractivity contribution in [2.24, 2.45) is 0 Å². The van der Waals surface area contributed by atoms with E-state index in [1.54, 1.807) is 0 Å². The molecule has 0 saturated heterocycles. The Balaban J connectivity index is 0.000000187. The predicted octanol–water partition coefficient (Wildman–Crippen LogP) is 5.62. The number of nitrogens with one attached hydrogen (secondary N) is 3. The molecule has 0 aliphatic carbocycles. The summed E-state index contributed by atoms with van der Waals surface area (Å²) >= 11 is 0. The Morgan fingerprint density at radius 3 is 1.96 bits per heavy atom. The molecular weight excluding hydrogens is 497 g/mol. The molecule has 25 heavy (non-hydrogen) atoms. The van der Waals surface area contributed by atoms with Crippen LogP contribution >= 0.6 is 38.8 Å². The molecule has 3 N–H and O–H groups in total. The monoisotopic (exact) mass is 509 g/mol.